The summed E-state index contributed by atoms with van der Waals surface area (Å²) in [5.41, 5.74) is 0.841. The first-order valence-corrected chi connectivity index (χ1v) is 14.1. The van der Waals surface area contributed by atoms with Gasteiger partial charge < -0.3 is 14.7 Å². The third-order valence-electron chi connectivity index (χ3n) is 7.67. The Balaban J connectivity index is 1.57. The van der Waals surface area contributed by atoms with E-state index in [1.54, 1.807) is 12.1 Å². The number of thiophene rings is 1. The van der Waals surface area contributed by atoms with Gasteiger partial charge in [-0.15, -0.1) is 11.3 Å². The highest BCUT2D eigenvalue weighted by atomic mass is 32.1. The van der Waals surface area contributed by atoms with E-state index in [-0.39, 0.29) is 34.3 Å². The van der Waals surface area contributed by atoms with Crippen molar-refractivity contribution in [3.8, 4) is 11.9 Å². The first kappa shape index (κ1) is 27.1. The smallest absolute Gasteiger partial charge is 0.348 e. The maximum absolute atomic E-state index is 14.0. The minimum atomic E-state index is -0.977. The lowest BCUT2D eigenvalue weighted by molar-refractivity contribution is -0.124. The highest BCUT2D eigenvalue weighted by Crippen LogP contribution is 2.42. The van der Waals surface area contributed by atoms with E-state index in [1.165, 1.54) is 17.5 Å². The number of nitriles is 1. The fourth-order valence-corrected chi connectivity index (χ4v) is 6.44. The second kappa shape index (κ2) is 11.2. The summed E-state index contributed by atoms with van der Waals surface area (Å²) in [4.78, 5) is 33.7. The van der Waals surface area contributed by atoms with Gasteiger partial charge in [0.15, 0.2) is 0 Å². The number of hydrogen-bond donors (Lipinski definition) is 1. The van der Waals surface area contributed by atoms with Crippen molar-refractivity contribution in [3.05, 3.63) is 39.7 Å². The van der Waals surface area contributed by atoms with Crippen LogP contribution in [0, 0.1) is 23.2 Å². The molecule has 8 heteroatoms. The first-order valence-electron chi connectivity index (χ1n) is 13.3. The Bertz CT molecular complexity index is 1150. The number of pyridine rings is 1. The maximum atomic E-state index is 14.0. The molecule has 7 nitrogen and oxygen atoms in total. The molecule has 0 radical (unpaired) electrons. The molecule has 1 amide bonds. The van der Waals surface area contributed by atoms with Crippen molar-refractivity contribution in [1.29, 1.82) is 5.26 Å². The summed E-state index contributed by atoms with van der Waals surface area (Å²) in [6.07, 6.45) is 8.21. The van der Waals surface area contributed by atoms with Crippen LogP contribution in [0.15, 0.2) is 24.4 Å². The average Bonchev–Trinajstić information content (AvgIpc) is 3.32. The molecular formula is C29H37N3O4S. The lowest BCUT2D eigenvalue weighted by Crippen LogP contribution is -2.47. The van der Waals surface area contributed by atoms with E-state index in [1.807, 2.05) is 11.0 Å². The minimum absolute atomic E-state index is 0.0317. The third-order valence-corrected chi connectivity index (χ3v) is 9.21. The van der Waals surface area contributed by atoms with Gasteiger partial charge in [-0.25, -0.2) is 9.78 Å². The van der Waals surface area contributed by atoms with Gasteiger partial charge in [0.2, 0.25) is 11.8 Å². The number of carboxylic acids is 1. The van der Waals surface area contributed by atoms with Crippen LogP contribution in [0.2, 0.25) is 0 Å². The van der Waals surface area contributed by atoms with Crippen LogP contribution in [0.25, 0.3) is 0 Å². The number of anilines is 1. The zero-order chi connectivity index (χ0) is 26.7. The van der Waals surface area contributed by atoms with E-state index in [0.29, 0.717) is 23.0 Å². The summed E-state index contributed by atoms with van der Waals surface area (Å²) in [5, 5.41) is 19.1. The van der Waals surface area contributed by atoms with Gasteiger partial charge in [0, 0.05) is 29.1 Å². The SMILES string of the molecule is CC(C)(C)c1cc(N(C(=O)[C@H]2CC[C@H](C)CC2)[C@H]2CC[C@H](Oc3ccc(C#N)cn3)CC2)c(C(=O)O)s1. The van der Waals surface area contributed by atoms with E-state index >= 15 is 0 Å². The molecule has 2 aliphatic carbocycles. The normalized spacial score (nSPS) is 24.2. The molecule has 1 N–H and O–H groups in total. The standard InChI is InChI=1S/C29H37N3O4S/c1-18-5-8-20(9-6-18)27(33)32(23-15-24(29(2,3)4)37-26(23)28(34)35)21-10-12-22(13-11-21)36-25-14-7-19(16-30)17-31-25/h7,14-15,17-18,20-22H,5-6,8-13H2,1-4H3,(H,34,35)/t18-,20-,21-,22-. The summed E-state index contributed by atoms with van der Waals surface area (Å²) in [6, 6.07) is 7.34. The fourth-order valence-electron chi connectivity index (χ4n) is 5.39. The molecule has 2 aromatic rings. The van der Waals surface area contributed by atoms with Crippen molar-refractivity contribution in [2.24, 2.45) is 11.8 Å². The monoisotopic (exact) mass is 523 g/mol. The predicted octanol–water partition coefficient (Wildman–Crippen LogP) is 6.56. The van der Waals surface area contributed by atoms with Crippen LogP contribution in [-0.4, -0.2) is 34.1 Å². The first-order chi connectivity index (χ1) is 17.6. The second-order valence-electron chi connectivity index (χ2n) is 11.6. The van der Waals surface area contributed by atoms with Crippen LogP contribution in [-0.2, 0) is 10.2 Å². The fraction of sp³-hybridized carbons (Fsp3) is 0.586. The van der Waals surface area contributed by atoms with Gasteiger partial charge in [0.25, 0.3) is 0 Å². The summed E-state index contributed by atoms with van der Waals surface area (Å²) < 4.78 is 6.07. The molecule has 0 aromatic carbocycles. The van der Waals surface area contributed by atoms with Gasteiger partial charge in [0.1, 0.15) is 17.1 Å². The van der Waals surface area contributed by atoms with Crippen molar-refractivity contribution in [3.63, 3.8) is 0 Å². The van der Waals surface area contributed by atoms with E-state index in [2.05, 4.69) is 38.7 Å². The van der Waals surface area contributed by atoms with E-state index in [0.717, 1.165) is 56.2 Å². The van der Waals surface area contributed by atoms with E-state index in [4.69, 9.17) is 10.00 Å². The molecule has 37 heavy (non-hydrogen) atoms. The van der Waals surface area contributed by atoms with E-state index < -0.39 is 5.97 Å². The molecule has 198 valence electrons. The van der Waals surface area contributed by atoms with Crippen molar-refractivity contribution < 1.29 is 19.4 Å². The highest BCUT2D eigenvalue weighted by molar-refractivity contribution is 7.14. The molecule has 2 aromatic heterocycles. The lowest BCUT2D eigenvalue weighted by Gasteiger charge is -2.39. The number of carboxylic acid groups (broad SMARTS) is 1. The number of ether oxygens (including phenoxy) is 1. The number of rotatable bonds is 6. The Labute approximate surface area is 223 Å². The third kappa shape index (κ3) is 6.32. The second-order valence-corrected chi connectivity index (χ2v) is 12.6. The predicted molar refractivity (Wildman–Crippen MR) is 144 cm³/mol. The number of hydrogen-bond acceptors (Lipinski definition) is 6. The number of amides is 1. The highest BCUT2D eigenvalue weighted by Gasteiger charge is 2.38. The molecular weight excluding hydrogens is 486 g/mol. The number of aromatic carboxylic acids is 1. The van der Waals surface area contributed by atoms with Crippen molar-refractivity contribution >= 4 is 28.9 Å². The number of nitrogens with zero attached hydrogens (tertiary/aromatic N) is 3. The molecule has 2 aliphatic rings. The van der Waals surface area contributed by atoms with Gasteiger partial charge in [-0.1, -0.05) is 27.7 Å². The van der Waals surface area contributed by atoms with Crippen molar-refractivity contribution in [2.75, 3.05) is 4.90 Å². The molecule has 0 spiro atoms. The summed E-state index contributed by atoms with van der Waals surface area (Å²) >= 11 is 1.29. The molecule has 0 aliphatic heterocycles. The lowest BCUT2D eigenvalue weighted by atomic mass is 9.81. The van der Waals surface area contributed by atoms with Gasteiger partial charge in [-0.3, -0.25) is 4.79 Å². The summed E-state index contributed by atoms with van der Waals surface area (Å²) in [6.45, 7) is 8.45. The van der Waals surface area contributed by atoms with Gasteiger partial charge in [-0.05, 0) is 74.8 Å². The Hall–Kier alpha value is -2.92. The summed E-state index contributed by atoms with van der Waals surface area (Å²) in [5.74, 6) is 0.157. The van der Waals surface area contributed by atoms with Crippen LogP contribution in [0.4, 0.5) is 5.69 Å². The Morgan fingerprint density at radius 1 is 1.11 bits per heavy atom. The number of carbonyl (C=O) groups excluding carboxylic acids is 1. The maximum Gasteiger partial charge on any atom is 0.348 e. The quantitative estimate of drug-likeness (QED) is 0.460. The van der Waals surface area contributed by atoms with Gasteiger partial charge in [0.05, 0.1) is 11.3 Å². The van der Waals surface area contributed by atoms with Crippen LogP contribution in [0.3, 0.4) is 0 Å². The van der Waals surface area contributed by atoms with Crippen LogP contribution < -0.4 is 9.64 Å². The van der Waals surface area contributed by atoms with Crippen LogP contribution >= 0.6 is 11.3 Å². The van der Waals surface area contributed by atoms with Gasteiger partial charge in [-0.2, -0.15) is 5.26 Å². The molecule has 2 heterocycles. The number of carbonyl (C=O) groups is 2. The number of aromatic nitrogens is 1. The van der Waals surface area contributed by atoms with Crippen molar-refractivity contribution in [1.82, 2.24) is 4.98 Å². The Morgan fingerprint density at radius 3 is 2.32 bits per heavy atom. The topological polar surface area (TPSA) is 104 Å². The molecule has 0 bridgehead atoms. The zero-order valence-electron chi connectivity index (χ0n) is 22.2. The molecule has 2 saturated carbocycles. The molecule has 0 saturated heterocycles. The van der Waals surface area contributed by atoms with Crippen LogP contribution in [0.1, 0.15) is 99.2 Å². The van der Waals surface area contributed by atoms with Gasteiger partial charge >= 0.3 is 5.97 Å². The molecule has 0 unspecified atom stereocenters. The molecule has 0 atom stereocenters. The van der Waals surface area contributed by atoms with E-state index in [9.17, 15) is 14.7 Å². The van der Waals surface area contributed by atoms with Crippen molar-refractivity contribution in [2.45, 2.75) is 96.6 Å². The Kier molecular flexibility index (Phi) is 8.23. The average molecular weight is 524 g/mol. The summed E-state index contributed by atoms with van der Waals surface area (Å²) in [7, 11) is 0. The largest absolute Gasteiger partial charge is 0.477 e. The minimum Gasteiger partial charge on any atom is -0.477 e. The van der Waals surface area contributed by atoms with Crippen LogP contribution in [0.5, 0.6) is 5.88 Å². The molecule has 2 fully saturated rings. The zero-order valence-corrected chi connectivity index (χ0v) is 23.0. The molecule has 4 rings (SSSR count). The Morgan fingerprint density at radius 2 is 1.78 bits per heavy atom.